The first kappa shape index (κ1) is 14.2. The molecule has 0 aliphatic rings. The lowest BCUT2D eigenvalue weighted by Gasteiger charge is -2.09. The molecule has 0 saturated heterocycles. The van der Waals surface area contributed by atoms with Crippen LogP contribution in [0.2, 0.25) is 0 Å². The lowest BCUT2D eigenvalue weighted by molar-refractivity contribution is 0.162. The molecule has 1 heterocycles. The van der Waals surface area contributed by atoms with Gasteiger partial charge in [-0.3, -0.25) is 4.68 Å². The van der Waals surface area contributed by atoms with Gasteiger partial charge < -0.3 is 5.11 Å². The molecule has 0 saturated carbocycles. The molecule has 98 valence electrons. The predicted octanol–water partition coefficient (Wildman–Crippen LogP) is 3.38. The first-order valence-electron chi connectivity index (χ1n) is 6.89. The zero-order chi connectivity index (χ0) is 12.7. The summed E-state index contributed by atoms with van der Waals surface area (Å²) >= 11 is 0. The molecule has 0 aromatic carbocycles. The summed E-state index contributed by atoms with van der Waals surface area (Å²) in [5.74, 6) is 0. The van der Waals surface area contributed by atoms with E-state index in [1.54, 1.807) is 4.68 Å². The van der Waals surface area contributed by atoms with Gasteiger partial charge in [0.25, 0.3) is 0 Å². The van der Waals surface area contributed by atoms with Crippen LogP contribution in [-0.4, -0.2) is 14.9 Å². The Morgan fingerprint density at radius 3 is 2.59 bits per heavy atom. The Morgan fingerprint density at radius 2 is 1.94 bits per heavy atom. The second-order valence-corrected chi connectivity index (χ2v) is 4.78. The van der Waals surface area contributed by atoms with E-state index in [4.69, 9.17) is 0 Å². The molecule has 0 bridgehead atoms. The third kappa shape index (κ3) is 4.50. The molecule has 1 rings (SSSR count). The van der Waals surface area contributed by atoms with Crippen molar-refractivity contribution < 1.29 is 5.11 Å². The van der Waals surface area contributed by atoms with Crippen molar-refractivity contribution in [3.8, 4) is 0 Å². The average Bonchev–Trinajstić information content (AvgIpc) is 2.70. The van der Waals surface area contributed by atoms with Gasteiger partial charge in [0.15, 0.2) is 0 Å². The summed E-state index contributed by atoms with van der Waals surface area (Å²) in [6.07, 6.45) is 9.58. The molecule has 0 spiro atoms. The van der Waals surface area contributed by atoms with Crippen LogP contribution >= 0.6 is 0 Å². The van der Waals surface area contributed by atoms with Crippen LogP contribution in [-0.2, 0) is 13.5 Å². The first-order valence-corrected chi connectivity index (χ1v) is 6.89. The van der Waals surface area contributed by atoms with E-state index in [9.17, 15) is 5.11 Å². The number of hydrogen-bond acceptors (Lipinski definition) is 2. The molecule has 1 aromatic heterocycles. The minimum Gasteiger partial charge on any atom is -0.388 e. The summed E-state index contributed by atoms with van der Waals surface area (Å²) in [6, 6.07) is 0. The molecule has 0 aliphatic carbocycles. The number of aryl methyl sites for hydroxylation is 2. The maximum absolute atomic E-state index is 10.1. The summed E-state index contributed by atoms with van der Waals surface area (Å²) in [5.41, 5.74) is 2.05. The second-order valence-electron chi connectivity index (χ2n) is 4.78. The lowest BCUT2D eigenvalue weighted by Crippen LogP contribution is -1.99. The van der Waals surface area contributed by atoms with Gasteiger partial charge in [0, 0.05) is 18.8 Å². The topological polar surface area (TPSA) is 38.0 Å². The lowest BCUT2D eigenvalue weighted by atomic mass is 10.0. The van der Waals surface area contributed by atoms with Gasteiger partial charge in [0.2, 0.25) is 0 Å². The summed E-state index contributed by atoms with van der Waals surface area (Å²) < 4.78 is 1.80. The van der Waals surface area contributed by atoms with Crippen molar-refractivity contribution in [2.24, 2.45) is 7.05 Å². The van der Waals surface area contributed by atoms with Crippen molar-refractivity contribution in [3.63, 3.8) is 0 Å². The van der Waals surface area contributed by atoms with Crippen LogP contribution in [0, 0.1) is 0 Å². The minimum absolute atomic E-state index is 0.333. The molecule has 1 aromatic rings. The van der Waals surface area contributed by atoms with Crippen molar-refractivity contribution >= 4 is 0 Å². The number of nitrogens with zero attached hydrogens (tertiary/aromatic N) is 2. The third-order valence-corrected chi connectivity index (χ3v) is 3.21. The van der Waals surface area contributed by atoms with Crippen LogP contribution in [0.3, 0.4) is 0 Å². The molecule has 0 radical (unpaired) electrons. The van der Waals surface area contributed by atoms with Crippen molar-refractivity contribution in [2.45, 2.75) is 64.9 Å². The number of aliphatic hydroxyl groups is 1. The summed E-state index contributed by atoms with van der Waals surface area (Å²) in [4.78, 5) is 0. The highest BCUT2D eigenvalue weighted by Crippen LogP contribution is 2.23. The molecule has 1 unspecified atom stereocenters. The van der Waals surface area contributed by atoms with Gasteiger partial charge in [0.05, 0.1) is 11.8 Å². The normalized spacial score (nSPS) is 12.9. The average molecular weight is 238 g/mol. The van der Waals surface area contributed by atoms with E-state index in [-0.39, 0.29) is 6.10 Å². The number of unbranched alkanes of at least 4 members (excludes halogenated alkanes) is 4. The molecular weight excluding hydrogens is 212 g/mol. The Hall–Kier alpha value is -0.830. The number of rotatable bonds is 8. The molecule has 0 fully saturated rings. The fourth-order valence-electron chi connectivity index (χ4n) is 2.20. The van der Waals surface area contributed by atoms with E-state index in [1.807, 2.05) is 13.2 Å². The minimum atomic E-state index is -0.333. The molecule has 0 amide bonds. The van der Waals surface area contributed by atoms with Crippen LogP contribution in [0.5, 0.6) is 0 Å². The fraction of sp³-hybridized carbons (Fsp3) is 0.786. The Morgan fingerprint density at radius 1 is 1.24 bits per heavy atom. The van der Waals surface area contributed by atoms with Gasteiger partial charge in [-0.25, -0.2) is 0 Å². The van der Waals surface area contributed by atoms with Gasteiger partial charge in [0.1, 0.15) is 0 Å². The van der Waals surface area contributed by atoms with Crippen molar-refractivity contribution in [2.75, 3.05) is 0 Å². The molecule has 3 heteroatoms. The molecular formula is C14H26N2O. The largest absolute Gasteiger partial charge is 0.388 e. The quantitative estimate of drug-likeness (QED) is 0.705. The Balaban J connectivity index is 2.38. The van der Waals surface area contributed by atoms with E-state index in [1.165, 1.54) is 25.7 Å². The molecule has 17 heavy (non-hydrogen) atoms. The highest BCUT2D eigenvalue weighted by Gasteiger charge is 2.14. The highest BCUT2D eigenvalue weighted by atomic mass is 16.3. The van der Waals surface area contributed by atoms with E-state index in [2.05, 4.69) is 18.9 Å². The second kappa shape index (κ2) is 7.49. The fourth-order valence-corrected chi connectivity index (χ4v) is 2.20. The van der Waals surface area contributed by atoms with Gasteiger partial charge >= 0.3 is 0 Å². The van der Waals surface area contributed by atoms with E-state index in [0.717, 1.165) is 30.5 Å². The summed E-state index contributed by atoms with van der Waals surface area (Å²) in [7, 11) is 1.91. The number of aliphatic hydroxyl groups excluding tert-OH is 1. The summed E-state index contributed by atoms with van der Waals surface area (Å²) in [5, 5.41) is 14.5. The monoisotopic (exact) mass is 238 g/mol. The van der Waals surface area contributed by atoms with Gasteiger partial charge in [-0.2, -0.15) is 5.10 Å². The molecule has 1 N–H and O–H groups in total. The van der Waals surface area contributed by atoms with Crippen molar-refractivity contribution in [1.29, 1.82) is 0 Å². The zero-order valence-corrected chi connectivity index (χ0v) is 11.4. The predicted molar refractivity (Wildman–Crippen MR) is 70.9 cm³/mol. The van der Waals surface area contributed by atoms with Crippen LogP contribution in [0.1, 0.15) is 69.7 Å². The highest BCUT2D eigenvalue weighted by molar-refractivity contribution is 5.19. The van der Waals surface area contributed by atoms with Crippen LogP contribution in [0.15, 0.2) is 6.20 Å². The van der Waals surface area contributed by atoms with Crippen LogP contribution in [0.4, 0.5) is 0 Å². The number of aromatic nitrogens is 2. The van der Waals surface area contributed by atoms with Gasteiger partial charge in [-0.05, 0) is 12.8 Å². The molecule has 0 aliphatic heterocycles. The smallest absolute Gasteiger partial charge is 0.0823 e. The first-order chi connectivity index (χ1) is 8.19. The maximum atomic E-state index is 10.1. The van der Waals surface area contributed by atoms with Gasteiger partial charge in [-0.1, -0.05) is 46.0 Å². The maximum Gasteiger partial charge on any atom is 0.0823 e. The van der Waals surface area contributed by atoms with E-state index in [0.29, 0.717) is 0 Å². The third-order valence-electron chi connectivity index (χ3n) is 3.21. The van der Waals surface area contributed by atoms with E-state index >= 15 is 0 Å². The Labute approximate surface area is 105 Å². The Kier molecular flexibility index (Phi) is 6.27. The SMILES string of the molecule is CCCCCCCC(O)c1cn(C)nc1CC. The van der Waals surface area contributed by atoms with E-state index < -0.39 is 0 Å². The number of hydrogen-bond donors (Lipinski definition) is 1. The van der Waals surface area contributed by atoms with Crippen LogP contribution < -0.4 is 0 Å². The molecule has 1 atom stereocenters. The van der Waals surface area contributed by atoms with Gasteiger partial charge in [-0.15, -0.1) is 0 Å². The van der Waals surface area contributed by atoms with Crippen molar-refractivity contribution in [3.05, 3.63) is 17.5 Å². The zero-order valence-electron chi connectivity index (χ0n) is 11.4. The Bertz CT molecular complexity index is 320. The van der Waals surface area contributed by atoms with Crippen LogP contribution in [0.25, 0.3) is 0 Å². The summed E-state index contributed by atoms with van der Waals surface area (Å²) in [6.45, 7) is 4.30. The molecule has 3 nitrogen and oxygen atoms in total. The van der Waals surface area contributed by atoms with Crippen molar-refractivity contribution in [1.82, 2.24) is 9.78 Å². The standard InChI is InChI=1S/C14H26N2O/c1-4-6-7-8-9-10-14(17)12-11-16(3)15-13(12)5-2/h11,14,17H,4-10H2,1-3H3.